The first-order valence-corrected chi connectivity index (χ1v) is 7.94. The second-order valence-electron chi connectivity index (χ2n) is 5.57. The molecule has 0 atom stereocenters. The fourth-order valence-corrected chi connectivity index (χ4v) is 3.76. The molecular formula is C14H24N2O2S. The van der Waals surface area contributed by atoms with Crippen LogP contribution in [0.2, 0.25) is 0 Å². The number of benzene rings is 1. The van der Waals surface area contributed by atoms with Crippen molar-refractivity contribution in [3.63, 3.8) is 0 Å². The van der Waals surface area contributed by atoms with Gasteiger partial charge >= 0.3 is 0 Å². The molecule has 2 N–H and O–H groups in total. The van der Waals surface area contributed by atoms with Gasteiger partial charge in [0.15, 0.2) is 0 Å². The number of nitrogens with two attached hydrogens (primary N) is 1. The lowest BCUT2D eigenvalue weighted by Gasteiger charge is -2.30. The molecule has 0 spiro atoms. The lowest BCUT2D eigenvalue weighted by atomic mass is 9.94. The first-order valence-electron chi connectivity index (χ1n) is 6.50. The molecule has 1 aromatic carbocycles. The fourth-order valence-electron chi connectivity index (χ4n) is 1.89. The van der Waals surface area contributed by atoms with Crippen LogP contribution in [0.3, 0.4) is 0 Å². The standard InChI is InChI=1S/C14H24N2O2S/c1-5-16(11-14(3,4)10-15)19(17,18)13-9-7-6-8-12(13)2/h6-9H,5,10-11,15H2,1-4H3. The zero-order valence-corrected chi connectivity index (χ0v) is 13.0. The number of hydrogen-bond acceptors (Lipinski definition) is 3. The van der Waals surface area contributed by atoms with Crippen LogP contribution in [0.1, 0.15) is 26.3 Å². The second kappa shape index (κ2) is 6.03. The third kappa shape index (κ3) is 3.78. The van der Waals surface area contributed by atoms with Crippen LogP contribution in [0.25, 0.3) is 0 Å². The summed E-state index contributed by atoms with van der Waals surface area (Å²) in [5.41, 5.74) is 6.24. The molecule has 0 amide bonds. The summed E-state index contributed by atoms with van der Waals surface area (Å²) in [6.45, 7) is 8.94. The molecule has 1 rings (SSSR count). The maximum atomic E-state index is 12.7. The van der Waals surface area contributed by atoms with Gasteiger partial charge in [-0.3, -0.25) is 0 Å². The van der Waals surface area contributed by atoms with Crippen LogP contribution in [-0.4, -0.2) is 32.4 Å². The van der Waals surface area contributed by atoms with E-state index in [4.69, 9.17) is 5.73 Å². The number of sulfonamides is 1. The average molecular weight is 284 g/mol. The Morgan fingerprint density at radius 1 is 1.26 bits per heavy atom. The molecule has 0 bridgehead atoms. The Hall–Kier alpha value is -0.910. The smallest absolute Gasteiger partial charge is 0.243 e. The Morgan fingerprint density at radius 3 is 2.32 bits per heavy atom. The third-order valence-corrected chi connectivity index (χ3v) is 5.30. The number of nitrogens with zero attached hydrogens (tertiary/aromatic N) is 1. The number of rotatable bonds is 6. The number of hydrogen-bond donors (Lipinski definition) is 1. The van der Waals surface area contributed by atoms with Crippen LogP contribution < -0.4 is 5.73 Å². The van der Waals surface area contributed by atoms with Gasteiger partial charge in [-0.05, 0) is 30.5 Å². The van der Waals surface area contributed by atoms with E-state index in [2.05, 4.69) is 0 Å². The van der Waals surface area contributed by atoms with Crippen molar-refractivity contribution in [2.45, 2.75) is 32.6 Å². The van der Waals surface area contributed by atoms with Crippen molar-refractivity contribution in [3.05, 3.63) is 29.8 Å². The molecule has 0 fully saturated rings. The Labute approximate surface area is 116 Å². The van der Waals surface area contributed by atoms with Crippen LogP contribution in [0, 0.1) is 12.3 Å². The van der Waals surface area contributed by atoms with Crippen molar-refractivity contribution < 1.29 is 8.42 Å². The molecule has 0 saturated carbocycles. The van der Waals surface area contributed by atoms with Crippen LogP contribution in [-0.2, 0) is 10.0 Å². The summed E-state index contributed by atoms with van der Waals surface area (Å²) in [5.74, 6) is 0. The molecule has 0 unspecified atom stereocenters. The first-order chi connectivity index (χ1) is 8.74. The summed E-state index contributed by atoms with van der Waals surface area (Å²) in [6.07, 6.45) is 0. The molecule has 0 radical (unpaired) electrons. The van der Waals surface area contributed by atoms with E-state index in [1.54, 1.807) is 12.1 Å². The maximum Gasteiger partial charge on any atom is 0.243 e. The molecule has 5 heteroatoms. The molecule has 0 aliphatic carbocycles. The van der Waals surface area contributed by atoms with E-state index in [1.165, 1.54) is 4.31 Å². The Bertz CT molecular complexity index is 524. The van der Waals surface area contributed by atoms with E-state index in [1.807, 2.05) is 39.8 Å². The number of aryl methyl sites for hydroxylation is 1. The summed E-state index contributed by atoms with van der Waals surface area (Å²) in [6, 6.07) is 7.06. The van der Waals surface area contributed by atoms with Crippen molar-refractivity contribution >= 4 is 10.0 Å². The zero-order chi connectivity index (χ0) is 14.7. The van der Waals surface area contributed by atoms with Gasteiger partial charge in [-0.25, -0.2) is 8.42 Å². The highest BCUT2D eigenvalue weighted by Crippen LogP contribution is 2.23. The molecule has 0 heterocycles. The molecule has 0 aliphatic heterocycles. The van der Waals surface area contributed by atoms with Crippen molar-refractivity contribution in [2.75, 3.05) is 19.6 Å². The minimum Gasteiger partial charge on any atom is -0.330 e. The Kier molecular flexibility index (Phi) is 5.12. The van der Waals surface area contributed by atoms with Gasteiger partial charge in [0.1, 0.15) is 0 Å². The summed E-state index contributed by atoms with van der Waals surface area (Å²) in [7, 11) is -3.45. The van der Waals surface area contributed by atoms with E-state index in [0.29, 0.717) is 24.5 Å². The zero-order valence-electron chi connectivity index (χ0n) is 12.2. The topological polar surface area (TPSA) is 63.4 Å². The minimum absolute atomic E-state index is 0.230. The molecule has 0 saturated heterocycles. The van der Waals surface area contributed by atoms with Gasteiger partial charge in [0.25, 0.3) is 0 Å². The van der Waals surface area contributed by atoms with Gasteiger partial charge in [0, 0.05) is 13.1 Å². The fraction of sp³-hybridized carbons (Fsp3) is 0.571. The van der Waals surface area contributed by atoms with Gasteiger partial charge in [0.2, 0.25) is 10.0 Å². The van der Waals surface area contributed by atoms with Gasteiger partial charge in [-0.15, -0.1) is 0 Å². The SMILES string of the molecule is CCN(CC(C)(C)CN)S(=O)(=O)c1ccccc1C. The lowest BCUT2D eigenvalue weighted by Crippen LogP contribution is -2.42. The highest BCUT2D eigenvalue weighted by atomic mass is 32.2. The van der Waals surface area contributed by atoms with Gasteiger partial charge in [0.05, 0.1) is 4.90 Å². The van der Waals surface area contributed by atoms with E-state index in [9.17, 15) is 8.42 Å². The largest absolute Gasteiger partial charge is 0.330 e. The van der Waals surface area contributed by atoms with Crippen LogP contribution in [0.4, 0.5) is 0 Å². The molecule has 19 heavy (non-hydrogen) atoms. The molecule has 0 aromatic heterocycles. The predicted octanol–water partition coefficient (Wildman–Crippen LogP) is 1.99. The van der Waals surface area contributed by atoms with Crippen molar-refractivity contribution in [3.8, 4) is 0 Å². The van der Waals surface area contributed by atoms with Crippen molar-refractivity contribution in [2.24, 2.45) is 11.1 Å². The Morgan fingerprint density at radius 2 is 1.84 bits per heavy atom. The molecule has 4 nitrogen and oxygen atoms in total. The van der Waals surface area contributed by atoms with Crippen LogP contribution in [0.15, 0.2) is 29.2 Å². The molecule has 0 aliphatic rings. The van der Waals surface area contributed by atoms with Crippen LogP contribution >= 0.6 is 0 Å². The summed E-state index contributed by atoms with van der Waals surface area (Å²) >= 11 is 0. The quantitative estimate of drug-likeness (QED) is 0.869. The summed E-state index contributed by atoms with van der Waals surface area (Å²) in [4.78, 5) is 0.379. The third-order valence-electron chi connectivity index (χ3n) is 3.22. The Balaban J connectivity index is 3.14. The average Bonchev–Trinajstić information content (AvgIpc) is 2.36. The predicted molar refractivity (Wildman–Crippen MR) is 78.4 cm³/mol. The monoisotopic (exact) mass is 284 g/mol. The summed E-state index contributed by atoms with van der Waals surface area (Å²) in [5, 5.41) is 0. The van der Waals surface area contributed by atoms with E-state index in [-0.39, 0.29) is 5.41 Å². The van der Waals surface area contributed by atoms with Gasteiger partial charge in [-0.2, -0.15) is 4.31 Å². The van der Waals surface area contributed by atoms with Crippen molar-refractivity contribution in [1.29, 1.82) is 0 Å². The van der Waals surface area contributed by atoms with Gasteiger partial charge in [-0.1, -0.05) is 39.0 Å². The maximum absolute atomic E-state index is 12.7. The van der Waals surface area contributed by atoms with E-state index < -0.39 is 10.0 Å². The molecule has 1 aromatic rings. The minimum atomic E-state index is -3.45. The lowest BCUT2D eigenvalue weighted by molar-refractivity contribution is 0.273. The summed E-state index contributed by atoms with van der Waals surface area (Å²) < 4.78 is 26.8. The molecular weight excluding hydrogens is 260 g/mol. The highest BCUT2D eigenvalue weighted by Gasteiger charge is 2.29. The second-order valence-corrected chi connectivity index (χ2v) is 7.47. The van der Waals surface area contributed by atoms with Crippen LogP contribution in [0.5, 0.6) is 0 Å². The molecule has 108 valence electrons. The first kappa shape index (κ1) is 16.1. The normalized spacial score (nSPS) is 12.9. The van der Waals surface area contributed by atoms with E-state index >= 15 is 0 Å². The van der Waals surface area contributed by atoms with E-state index in [0.717, 1.165) is 5.56 Å². The highest BCUT2D eigenvalue weighted by molar-refractivity contribution is 7.89. The van der Waals surface area contributed by atoms with Crippen molar-refractivity contribution in [1.82, 2.24) is 4.31 Å². The van der Waals surface area contributed by atoms with Gasteiger partial charge < -0.3 is 5.73 Å².